The van der Waals surface area contributed by atoms with Gasteiger partial charge in [0.15, 0.2) is 0 Å². The van der Waals surface area contributed by atoms with Crippen LogP contribution in [0.5, 0.6) is 5.75 Å². The highest BCUT2D eigenvalue weighted by Crippen LogP contribution is 2.26. The molecule has 8 nitrogen and oxygen atoms in total. The average Bonchev–Trinajstić information content (AvgIpc) is 3.45. The van der Waals surface area contributed by atoms with E-state index in [2.05, 4.69) is 38.8 Å². The molecule has 2 aromatic heterocycles. The summed E-state index contributed by atoms with van der Waals surface area (Å²) in [6.45, 7) is 10.3. The van der Waals surface area contributed by atoms with Gasteiger partial charge < -0.3 is 14.3 Å². The van der Waals surface area contributed by atoms with Crippen LogP contribution >= 0.6 is 11.3 Å². The van der Waals surface area contributed by atoms with Crippen molar-refractivity contribution in [1.82, 2.24) is 25.0 Å². The molecule has 2 aromatic carbocycles. The molecule has 2 atom stereocenters. The minimum absolute atomic E-state index is 0.255. The Bertz CT molecular complexity index is 1270. The van der Waals surface area contributed by atoms with Gasteiger partial charge in [0.1, 0.15) is 18.5 Å². The lowest BCUT2D eigenvalue weighted by molar-refractivity contribution is 0.0178. The number of aliphatic hydroxyl groups excluding tert-OH is 1. The second-order valence-electron chi connectivity index (χ2n) is 9.27. The number of thiazole rings is 1. The molecule has 0 radical (unpaired) electrons. The molecule has 3 heterocycles. The van der Waals surface area contributed by atoms with E-state index in [-0.39, 0.29) is 6.61 Å². The van der Waals surface area contributed by atoms with Crippen molar-refractivity contribution in [1.29, 1.82) is 0 Å². The largest absolute Gasteiger partial charge is 0.491 e. The summed E-state index contributed by atoms with van der Waals surface area (Å²) in [6, 6.07) is 14.3. The van der Waals surface area contributed by atoms with Gasteiger partial charge in [0.2, 0.25) is 11.8 Å². The highest BCUT2D eigenvalue weighted by atomic mass is 32.1. The summed E-state index contributed by atoms with van der Waals surface area (Å²) >= 11 is 1.67. The van der Waals surface area contributed by atoms with Crippen LogP contribution in [0.4, 0.5) is 0 Å². The molecule has 184 valence electrons. The Morgan fingerprint density at radius 1 is 1.14 bits per heavy atom. The molecule has 1 saturated heterocycles. The van der Waals surface area contributed by atoms with Crippen molar-refractivity contribution in [3.05, 3.63) is 58.9 Å². The number of benzene rings is 2. The maximum absolute atomic E-state index is 10.6. The summed E-state index contributed by atoms with van der Waals surface area (Å²) in [4.78, 5) is 9.14. The van der Waals surface area contributed by atoms with Gasteiger partial charge in [-0.1, -0.05) is 17.7 Å². The van der Waals surface area contributed by atoms with E-state index in [0.29, 0.717) is 30.9 Å². The SMILES string of the molecule is Cc1ccc(-c2nnc(CN3CCN(C[C@@H](O)COc4ccc5sc(C)nc5c4)[C@@H](C)C3)o2)cc1. The smallest absolute Gasteiger partial charge is 0.247 e. The van der Waals surface area contributed by atoms with Gasteiger partial charge in [-0.2, -0.15) is 0 Å². The molecule has 0 saturated carbocycles. The highest BCUT2D eigenvalue weighted by Gasteiger charge is 2.26. The molecule has 1 aliphatic rings. The molecule has 1 N–H and O–H groups in total. The summed E-state index contributed by atoms with van der Waals surface area (Å²) in [5.74, 6) is 1.92. The monoisotopic (exact) mass is 493 g/mol. The third kappa shape index (κ3) is 5.87. The number of aromatic nitrogens is 3. The number of nitrogens with zero attached hydrogens (tertiary/aromatic N) is 5. The number of β-amino-alcohol motifs (C(OH)–C–C–N with tert-alkyl or cyclic N) is 1. The van der Waals surface area contributed by atoms with Crippen LogP contribution in [0.2, 0.25) is 0 Å². The Labute approximate surface area is 209 Å². The lowest BCUT2D eigenvalue weighted by Gasteiger charge is -2.40. The van der Waals surface area contributed by atoms with Gasteiger partial charge in [0, 0.05) is 43.9 Å². The fourth-order valence-corrected chi connectivity index (χ4v) is 5.24. The number of aryl methyl sites for hydroxylation is 2. The average molecular weight is 494 g/mol. The Hall–Kier alpha value is -2.85. The van der Waals surface area contributed by atoms with Crippen molar-refractivity contribution in [3.63, 3.8) is 0 Å². The van der Waals surface area contributed by atoms with E-state index >= 15 is 0 Å². The first-order chi connectivity index (χ1) is 16.9. The molecule has 9 heteroatoms. The van der Waals surface area contributed by atoms with Crippen LogP contribution in [0.3, 0.4) is 0 Å². The lowest BCUT2D eigenvalue weighted by Crippen LogP contribution is -2.53. The van der Waals surface area contributed by atoms with Gasteiger partial charge in [-0.25, -0.2) is 4.98 Å². The van der Waals surface area contributed by atoms with E-state index in [1.165, 1.54) is 5.56 Å². The zero-order chi connectivity index (χ0) is 24.4. The third-order valence-electron chi connectivity index (χ3n) is 6.33. The number of rotatable bonds is 8. The van der Waals surface area contributed by atoms with Crippen LogP contribution in [0.25, 0.3) is 21.7 Å². The van der Waals surface area contributed by atoms with Gasteiger partial charge in [0.25, 0.3) is 0 Å². The van der Waals surface area contributed by atoms with Gasteiger partial charge in [-0.3, -0.25) is 9.80 Å². The predicted octanol–water partition coefficient (Wildman–Crippen LogP) is 3.91. The molecule has 0 aliphatic carbocycles. The zero-order valence-electron chi connectivity index (χ0n) is 20.3. The second kappa shape index (κ2) is 10.4. The van der Waals surface area contributed by atoms with E-state index < -0.39 is 6.10 Å². The number of hydrogen-bond acceptors (Lipinski definition) is 9. The quantitative estimate of drug-likeness (QED) is 0.395. The van der Waals surface area contributed by atoms with Crippen LogP contribution in [-0.2, 0) is 6.54 Å². The zero-order valence-corrected chi connectivity index (χ0v) is 21.2. The maximum atomic E-state index is 10.6. The molecule has 1 fully saturated rings. The molecule has 4 aromatic rings. The van der Waals surface area contributed by atoms with Crippen LogP contribution in [0.15, 0.2) is 46.9 Å². The van der Waals surface area contributed by atoms with Crippen LogP contribution in [0.1, 0.15) is 23.4 Å². The van der Waals surface area contributed by atoms with Crippen molar-refractivity contribution in [2.24, 2.45) is 0 Å². The topological polar surface area (TPSA) is 87.8 Å². The van der Waals surface area contributed by atoms with Crippen LogP contribution in [-0.4, -0.2) is 75.0 Å². The molecule has 5 rings (SSSR count). The van der Waals surface area contributed by atoms with Gasteiger partial charge in [-0.05, 0) is 45.0 Å². The molecule has 35 heavy (non-hydrogen) atoms. The first-order valence-electron chi connectivity index (χ1n) is 12.0. The van der Waals surface area contributed by atoms with E-state index in [0.717, 1.165) is 46.2 Å². The Morgan fingerprint density at radius 3 is 2.77 bits per heavy atom. The maximum Gasteiger partial charge on any atom is 0.247 e. The minimum atomic E-state index is -0.565. The highest BCUT2D eigenvalue weighted by molar-refractivity contribution is 7.18. The molecule has 0 bridgehead atoms. The molecule has 0 spiro atoms. The standard InChI is InChI=1S/C26H31N5O3S/c1-17-4-6-20(7-5-17)26-29-28-25(34-26)15-30-10-11-31(18(2)13-30)14-21(32)16-33-22-8-9-24-23(12-22)27-19(3)35-24/h4-9,12,18,21,32H,10-11,13-16H2,1-3H3/t18-,21+/m0/s1. The summed E-state index contributed by atoms with van der Waals surface area (Å²) in [6.07, 6.45) is -0.565. The first kappa shape index (κ1) is 23.9. The molecule has 0 amide bonds. The van der Waals surface area contributed by atoms with E-state index in [4.69, 9.17) is 9.15 Å². The fourth-order valence-electron chi connectivity index (χ4n) is 4.44. The van der Waals surface area contributed by atoms with Crippen LogP contribution in [0, 0.1) is 13.8 Å². The van der Waals surface area contributed by atoms with E-state index in [1.807, 2.05) is 49.4 Å². The number of aliphatic hydroxyl groups is 1. The minimum Gasteiger partial charge on any atom is -0.491 e. The van der Waals surface area contributed by atoms with Gasteiger partial charge >= 0.3 is 0 Å². The Balaban J connectivity index is 1.09. The Kier molecular flexibility index (Phi) is 7.10. The van der Waals surface area contributed by atoms with Crippen LogP contribution < -0.4 is 4.74 Å². The van der Waals surface area contributed by atoms with Crippen molar-refractivity contribution in [2.45, 2.75) is 39.5 Å². The summed E-state index contributed by atoms with van der Waals surface area (Å²) in [5, 5.41) is 20.1. The Morgan fingerprint density at radius 2 is 1.97 bits per heavy atom. The molecule has 0 unspecified atom stereocenters. The normalized spacial score (nSPS) is 18.2. The number of hydrogen-bond donors (Lipinski definition) is 1. The van der Waals surface area contributed by atoms with Crippen molar-refractivity contribution in [2.75, 3.05) is 32.8 Å². The van der Waals surface area contributed by atoms with Gasteiger partial charge in [-0.15, -0.1) is 21.5 Å². The summed E-state index contributed by atoms with van der Waals surface area (Å²) in [7, 11) is 0. The van der Waals surface area contributed by atoms with E-state index in [1.54, 1.807) is 11.3 Å². The summed E-state index contributed by atoms with van der Waals surface area (Å²) in [5.41, 5.74) is 3.08. The summed E-state index contributed by atoms with van der Waals surface area (Å²) < 4.78 is 12.9. The van der Waals surface area contributed by atoms with Gasteiger partial charge in [0.05, 0.1) is 21.8 Å². The van der Waals surface area contributed by atoms with Crippen molar-refractivity contribution < 1.29 is 14.3 Å². The number of piperazine rings is 1. The number of fused-ring (bicyclic) bond motifs is 1. The molecular formula is C26H31N5O3S. The molecular weight excluding hydrogens is 462 g/mol. The van der Waals surface area contributed by atoms with Crippen molar-refractivity contribution in [3.8, 4) is 17.2 Å². The van der Waals surface area contributed by atoms with Crippen molar-refractivity contribution >= 4 is 21.6 Å². The first-order valence-corrected chi connectivity index (χ1v) is 12.8. The lowest BCUT2D eigenvalue weighted by atomic mass is 10.1. The third-order valence-corrected chi connectivity index (χ3v) is 7.28. The number of ether oxygens (including phenoxy) is 1. The molecule has 1 aliphatic heterocycles. The second-order valence-corrected chi connectivity index (χ2v) is 10.5. The van der Waals surface area contributed by atoms with E-state index in [9.17, 15) is 5.11 Å². The predicted molar refractivity (Wildman–Crippen MR) is 137 cm³/mol. The fraction of sp³-hybridized carbons (Fsp3) is 0.423.